The van der Waals surface area contributed by atoms with Crippen molar-refractivity contribution in [1.29, 1.82) is 0 Å². The summed E-state index contributed by atoms with van der Waals surface area (Å²) in [6.45, 7) is 1.99. The molecule has 0 N–H and O–H groups in total. The number of sulfonamides is 1. The van der Waals surface area contributed by atoms with Gasteiger partial charge in [-0.15, -0.1) is 0 Å². The molecule has 1 fully saturated rings. The number of piperazine rings is 1. The molecule has 2 aromatic carbocycles. The van der Waals surface area contributed by atoms with Gasteiger partial charge in [-0.1, -0.05) is 29.8 Å². The molecule has 1 saturated heterocycles. The van der Waals surface area contributed by atoms with Crippen LogP contribution in [0.4, 0.5) is 5.69 Å². The smallest absolute Gasteiger partial charge is 0.245 e. The van der Waals surface area contributed by atoms with Crippen molar-refractivity contribution in [3.63, 3.8) is 0 Å². The standard InChI is InChI=1S/C16H15ClN4O2S2/c17-12-4-1-2-6-14(12)20-8-10-21(11-9-20)25(22,23)15-7-3-5-13-16(15)19-24-18-13/h1-7H,8-11H2. The quantitative estimate of drug-likeness (QED) is 0.683. The number of hydrogen-bond donors (Lipinski definition) is 0. The van der Waals surface area contributed by atoms with Crippen molar-refractivity contribution >= 4 is 50.1 Å². The van der Waals surface area contributed by atoms with Crippen LogP contribution in [0, 0.1) is 0 Å². The molecule has 4 rings (SSSR count). The fourth-order valence-electron chi connectivity index (χ4n) is 3.01. The molecule has 3 aromatic rings. The van der Waals surface area contributed by atoms with Crippen molar-refractivity contribution < 1.29 is 8.42 Å². The highest BCUT2D eigenvalue weighted by Gasteiger charge is 2.31. The maximum atomic E-state index is 13.0. The summed E-state index contributed by atoms with van der Waals surface area (Å²) in [5.74, 6) is 0. The first-order valence-electron chi connectivity index (χ1n) is 7.78. The SMILES string of the molecule is O=S(=O)(c1cccc2nsnc12)N1CCN(c2ccccc2Cl)CC1. The van der Waals surface area contributed by atoms with Crippen molar-refractivity contribution in [2.75, 3.05) is 31.1 Å². The molecule has 1 aliphatic heterocycles. The molecule has 25 heavy (non-hydrogen) atoms. The van der Waals surface area contributed by atoms with Gasteiger partial charge in [0.05, 0.1) is 22.4 Å². The number of nitrogens with zero attached hydrogens (tertiary/aromatic N) is 4. The minimum atomic E-state index is -3.60. The van der Waals surface area contributed by atoms with E-state index in [-0.39, 0.29) is 4.90 Å². The molecule has 1 aliphatic rings. The normalized spacial score (nSPS) is 16.4. The minimum absolute atomic E-state index is 0.227. The van der Waals surface area contributed by atoms with Gasteiger partial charge in [0.1, 0.15) is 15.9 Å². The molecule has 0 amide bonds. The highest BCUT2D eigenvalue weighted by atomic mass is 35.5. The van der Waals surface area contributed by atoms with Gasteiger partial charge in [0.2, 0.25) is 10.0 Å². The maximum Gasteiger partial charge on any atom is 0.245 e. The Kier molecular flexibility index (Phi) is 4.36. The number of halogens is 1. The Hall–Kier alpha value is -1.74. The summed E-state index contributed by atoms with van der Waals surface area (Å²) in [6.07, 6.45) is 0. The largest absolute Gasteiger partial charge is 0.368 e. The Morgan fingerprint density at radius 1 is 0.960 bits per heavy atom. The van der Waals surface area contributed by atoms with E-state index in [0.29, 0.717) is 42.2 Å². The van der Waals surface area contributed by atoms with Crippen molar-refractivity contribution in [3.05, 3.63) is 47.5 Å². The summed E-state index contributed by atoms with van der Waals surface area (Å²) in [4.78, 5) is 2.34. The topological polar surface area (TPSA) is 66.4 Å². The highest BCUT2D eigenvalue weighted by Crippen LogP contribution is 2.29. The molecule has 130 valence electrons. The van der Waals surface area contributed by atoms with Gasteiger partial charge in [-0.25, -0.2) is 8.42 Å². The highest BCUT2D eigenvalue weighted by molar-refractivity contribution is 7.89. The third kappa shape index (κ3) is 2.99. The number of rotatable bonds is 3. The van der Waals surface area contributed by atoms with Crippen LogP contribution in [0.15, 0.2) is 47.4 Å². The number of para-hydroxylation sites is 1. The molecule has 0 saturated carbocycles. The molecule has 1 aromatic heterocycles. The van der Waals surface area contributed by atoms with E-state index >= 15 is 0 Å². The van der Waals surface area contributed by atoms with Crippen LogP contribution in [0.2, 0.25) is 5.02 Å². The van der Waals surface area contributed by atoms with E-state index in [1.807, 2.05) is 24.3 Å². The fraction of sp³-hybridized carbons (Fsp3) is 0.250. The van der Waals surface area contributed by atoms with Gasteiger partial charge in [-0.2, -0.15) is 13.1 Å². The molecule has 0 spiro atoms. The predicted octanol–water partition coefficient (Wildman–Crippen LogP) is 2.86. The van der Waals surface area contributed by atoms with E-state index in [1.165, 1.54) is 4.31 Å². The summed E-state index contributed by atoms with van der Waals surface area (Å²) in [5, 5.41) is 0.678. The zero-order valence-corrected chi connectivity index (χ0v) is 15.6. The van der Waals surface area contributed by atoms with E-state index in [2.05, 4.69) is 13.6 Å². The molecule has 0 unspecified atom stereocenters. The molecule has 6 nitrogen and oxygen atoms in total. The van der Waals surface area contributed by atoms with Gasteiger partial charge in [0, 0.05) is 26.2 Å². The van der Waals surface area contributed by atoms with Crippen LogP contribution in [0.25, 0.3) is 11.0 Å². The summed E-state index contributed by atoms with van der Waals surface area (Å²) in [5.41, 5.74) is 1.99. The predicted molar refractivity (Wildman–Crippen MR) is 99.8 cm³/mol. The number of fused-ring (bicyclic) bond motifs is 1. The summed E-state index contributed by atoms with van der Waals surface area (Å²) in [6, 6.07) is 12.7. The third-order valence-electron chi connectivity index (χ3n) is 4.30. The van der Waals surface area contributed by atoms with Gasteiger partial charge >= 0.3 is 0 Å². The molecular formula is C16H15ClN4O2S2. The van der Waals surface area contributed by atoms with Gasteiger partial charge in [0.15, 0.2) is 0 Å². The zero-order chi connectivity index (χ0) is 17.4. The van der Waals surface area contributed by atoms with Crippen molar-refractivity contribution in [3.8, 4) is 0 Å². The second kappa shape index (κ2) is 6.53. The molecule has 0 bridgehead atoms. The molecule has 0 atom stereocenters. The van der Waals surface area contributed by atoms with Gasteiger partial charge in [-0.3, -0.25) is 0 Å². The Balaban J connectivity index is 1.58. The Bertz CT molecular complexity index is 1010. The summed E-state index contributed by atoms with van der Waals surface area (Å²) < 4.78 is 35.8. The first-order chi connectivity index (χ1) is 12.1. The van der Waals surface area contributed by atoms with Crippen molar-refractivity contribution in [2.45, 2.75) is 4.90 Å². The van der Waals surface area contributed by atoms with Crippen LogP contribution in [-0.2, 0) is 10.0 Å². The molecule has 0 aliphatic carbocycles. The first-order valence-corrected chi connectivity index (χ1v) is 10.3. The van der Waals surface area contributed by atoms with Gasteiger partial charge in [-0.05, 0) is 24.3 Å². The molecular weight excluding hydrogens is 380 g/mol. The van der Waals surface area contributed by atoms with Crippen LogP contribution in [-0.4, -0.2) is 47.6 Å². The fourth-order valence-corrected chi connectivity index (χ4v) is 5.44. The molecule has 0 radical (unpaired) electrons. The first kappa shape index (κ1) is 16.7. The number of aromatic nitrogens is 2. The summed E-state index contributed by atoms with van der Waals surface area (Å²) in [7, 11) is -3.60. The molecule has 2 heterocycles. The third-order valence-corrected chi connectivity index (χ3v) is 7.09. The minimum Gasteiger partial charge on any atom is -0.368 e. The summed E-state index contributed by atoms with van der Waals surface area (Å²) >= 11 is 7.27. The van der Waals surface area contributed by atoms with Gasteiger partial charge < -0.3 is 4.90 Å². The lowest BCUT2D eigenvalue weighted by Gasteiger charge is -2.35. The number of benzene rings is 2. The van der Waals surface area contributed by atoms with E-state index in [9.17, 15) is 8.42 Å². The number of anilines is 1. The number of hydrogen-bond acceptors (Lipinski definition) is 6. The van der Waals surface area contributed by atoms with E-state index in [0.717, 1.165) is 17.4 Å². The van der Waals surface area contributed by atoms with Crippen molar-refractivity contribution in [2.24, 2.45) is 0 Å². The average Bonchev–Trinajstić information content (AvgIpc) is 3.11. The lowest BCUT2D eigenvalue weighted by atomic mass is 10.2. The van der Waals surface area contributed by atoms with Crippen molar-refractivity contribution in [1.82, 2.24) is 13.1 Å². The van der Waals surface area contributed by atoms with E-state index < -0.39 is 10.0 Å². The molecule has 9 heteroatoms. The second-order valence-electron chi connectivity index (χ2n) is 5.73. The van der Waals surface area contributed by atoms with Crippen LogP contribution >= 0.6 is 23.3 Å². The van der Waals surface area contributed by atoms with E-state index in [1.54, 1.807) is 18.2 Å². The Morgan fingerprint density at radius 2 is 1.72 bits per heavy atom. The Labute approximate surface area is 155 Å². The zero-order valence-electron chi connectivity index (χ0n) is 13.2. The average molecular weight is 395 g/mol. The lowest BCUT2D eigenvalue weighted by molar-refractivity contribution is 0.385. The lowest BCUT2D eigenvalue weighted by Crippen LogP contribution is -2.48. The monoisotopic (exact) mass is 394 g/mol. The van der Waals surface area contributed by atoms with Crippen LogP contribution < -0.4 is 4.90 Å². The Morgan fingerprint density at radius 3 is 2.48 bits per heavy atom. The van der Waals surface area contributed by atoms with Crippen LogP contribution in [0.1, 0.15) is 0 Å². The van der Waals surface area contributed by atoms with Crippen LogP contribution in [0.3, 0.4) is 0 Å². The maximum absolute atomic E-state index is 13.0. The van der Waals surface area contributed by atoms with Gasteiger partial charge in [0.25, 0.3) is 0 Å². The van der Waals surface area contributed by atoms with E-state index in [4.69, 9.17) is 11.6 Å². The second-order valence-corrected chi connectivity index (χ2v) is 8.57. The van der Waals surface area contributed by atoms with Crippen LogP contribution in [0.5, 0.6) is 0 Å².